The molecule has 0 saturated heterocycles. The number of hydrogen-bond acceptors (Lipinski definition) is 3. The molecule has 0 fully saturated rings. The van der Waals surface area contributed by atoms with Crippen molar-refractivity contribution in [3.63, 3.8) is 0 Å². The van der Waals surface area contributed by atoms with Gasteiger partial charge in [-0.05, 0) is 70.4 Å². The smallest absolute Gasteiger partial charge is 0.266 e. The Morgan fingerprint density at radius 1 is 1.07 bits per heavy atom. The zero-order valence-electron chi connectivity index (χ0n) is 16.2. The van der Waals surface area contributed by atoms with E-state index >= 15 is 0 Å². The minimum Gasteiger partial charge on any atom is -0.488 e. The molecule has 150 valence electrons. The summed E-state index contributed by atoms with van der Waals surface area (Å²) in [5.41, 5.74) is 3.44. The Hall–Kier alpha value is -2.88. The van der Waals surface area contributed by atoms with Crippen LogP contribution in [0.25, 0.3) is 6.08 Å². The van der Waals surface area contributed by atoms with Crippen molar-refractivity contribution in [3.05, 3.63) is 97.9 Å². The molecule has 0 aromatic heterocycles. The summed E-state index contributed by atoms with van der Waals surface area (Å²) in [7, 11) is 0. The van der Waals surface area contributed by atoms with Gasteiger partial charge in [0.25, 0.3) is 5.91 Å². The molecule has 0 spiro atoms. The number of hydrogen-bond donors (Lipinski definition) is 1. The number of anilines is 1. The van der Waals surface area contributed by atoms with Crippen molar-refractivity contribution in [3.8, 4) is 11.8 Å². The first kappa shape index (κ1) is 21.8. The molecule has 1 amide bonds. The molecular weight excluding hydrogens is 508 g/mol. The maximum absolute atomic E-state index is 12.5. The number of benzene rings is 3. The van der Waals surface area contributed by atoms with Gasteiger partial charge in [0.15, 0.2) is 0 Å². The molecular formula is C24H18Br2N2O2. The van der Waals surface area contributed by atoms with Crippen molar-refractivity contribution in [2.24, 2.45) is 0 Å². The number of amides is 1. The number of ether oxygens (including phenoxy) is 1. The average Bonchev–Trinajstić information content (AvgIpc) is 2.72. The van der Waals surface area contributed by atoms with Crippen LogP contribution in [-0.4, -0.2) is 5.91 Å². The van der Waals surface area contributed by atoms with Crippen molar-refractivity contribution < 1.29 is 9.53 Å². The van der Waals surface area contributed by atoms with E-state index in [1.165, 1.54) is 0 Å². The van der Waals surface area contributed by atoms with Gasteiger partial charge in [0, 0.05) is 15.7 Å². The average molecular weight is 526 g/mol. The van der Waals surface area contributed by atoms with Crippen LogP contribution in [0.1, 0.15) is 16.7 Å². The van der Waals surface area contributed by atoms with Crippen molar-refractivity contribution >= 4 is 49.5 Å². The molecule has 3 aromatic rings. The normalized spacial score (nSPS) is 10.9. The number of nitrogens with one attached hydrogen (secondary N) is 1. The van der Waals surface area contributed by atoms with Crippen LogP contribution in [0.2, 0.25) is 0 Å². The summed E-state index contributed by atoms with van der Waals surface area (Å²) in [4.78, 5) is 12.5. The van der Waals surface area contributed by atoms with Gasteiger partial charge in [0.05, 0.1) is 4.47 Å². The third-order valence-electron chi connectivity index (χ3n) is 4.25. The second kappa shape index (κ2) is 10.2. The standard InChI is InChI=1S/C24H18Br2N2O2/c1-16-5-4-7-20(11-16)28-24(29)19(14-27)12-17-9-10-23(22(26)13-17)30-15-18-6-2-3-8-21(18)25/h2-13H,15H2,1H3,(H,28,29)/b19-12+. The SMILES string of the molecule is Cc1cccc(NC(=O)/C(C#N)=C/c2ccc(OCc3ccccc3Br)c(Br)c2)c1. The summed E-state index contributed by atoms with van der Waals surface area (Å²) in [6.45, 7) is 2.35. The lowest BCUT2D eigenvalue weighted by Crippen LogP contribution is -2.13. The fourth-order valence-electron chi connectivity index (χ4n) is 2.73. The van der Waals surface area contributed by atoms with Crippen LogP contribution in [0.3, 0.4) is 0 Å². The third-order valence-corrected chi connectivity index (χ3v) is 5.64. The van der Waals surface area contributed by atoms with Crippen molar-refractivity contribution in [2.45, 2.75) is 13.5 Å². The quantitative estimate of drug-likeness (QED) is 0.289. The van der Waals surface area contributed by atoms with Crippen molar-refractivity contribution in [2.75, 3.05) is 5.32 Å². The maximum atomic E-state index is 12.5. The van der Waals surface area contributed by atoms with Gasteiger partial charge in [-0.25, -0.2) is 0 Å². The number of carbonyl (C=O) groups is 1. The van der Waals surface area contributed by atoms with E-state index in [0.717, 1.165) is 20.1 Å². The molecule has 3 aromatic carbocycles. The molecule has 6 heteroatoms. The summed E-state index contributed by atoms with van der Waals surface area (Å²) in [6.07, 6.45) is 1.55. The van der Waals surface area contributed by atoms with Gasteiger partial charge < -0.3 is 10.1 Å². The van der Waals surface area contributed by atoms with Crippen LogP contribution >= 0.6 is 31.9 Å². The predicted molar refractivity (Wildman–Crippen MR) is 126 cm³/mol. The summed E-state index contributed by atoms with van der Waals surface area (Å²) >= 11 is 7.01. The van der Waals surface area contributed by atoms with Gasteiger partial charge in [-0.2, -0.15) is 5.26 Å². The van der Waals surface area contributed by atoms with Crippen molar-refractivity contribution in [1.29, 1.82) is 5.26 Å². The molecule has 0 aliphatic rings. The summed E-state index contributed by atoms with van der Waals surface area (Å²) < 4.78 is 7.61. The van der Waals surface area contributed by atoms with Gasteiger partial charge in [0.2, 0.25) is 0 Å². The lowest BCUT2D eigenvalue weighted by molar-refractivity contribution is -0.112. The lowest BCUT2D eigenvalue weighted by atomic mass is 10.1. The maximum Gasteiger partial charge on any atom is 0.266 e. The Kier molecular flexibility index (Phi) is 7.45. The van der Waals surface area contributed by atoms with Crippen LogP contribution in [0.15, 0.2) is 81.2 Å². The number of carbonyl (C=O) groups excluding carboxylic acids is 1. The van der Waals surface area contributed by atoms with Crippen molar-refractivity contribution in [1.82, 2.24) is 0 Å². The van der Waals surface area contributed by atoms with E-state index in [1.54, 1.807) is 24.3 Å². The number of rotatable bonds is 6. The highest BCUT2D eigenvalue weighted by atomic mass is 79.9. The molecule has 30 heavy (non-hydrogen) atoms. The van der Waals surface area contributed by atoms with Gasteiger partial charge in [-0.1, -0.05) is 52.3 Å². The highest BCUT2D eigenvalue weighted by molar-refractivity contribution is 9.10. The number of halogens is 2. The molecule has 4 nitrogen and oxygen atoms in total. The zero-order chi connectivity index (χ0) is 21.5. The van der Waals surface area contributed by atoms with E-state index in [1.807, 2.05) is 61.5 Å². The van der Waals surface area contributed by atoms with E-state index in [4.69, 9.17) is 4.74 Å². The van der Waals surface area contributed by atoms with Crippen LogP contribution in [0.4, 0.5) is 5.69 Å². The second-order valence-corrected chi connectivity index (χ2v) is 8.27. The van der Waals surface area contributed by atoms with Crippen LogP contribution in [0, 0.1) is 18.3 Å². The van der Waals surface area contributed by atoms with Gasteiger partial charge in [-0.15, -0.1) is 0 Å². The van der Waals surface area contributed by atoms with E-state index < -0.39 is 5.91 Å². The van der Waals surface area contributed by atoms with Crippen LogP contribution < -0.4 is 10.1 Å². The van der Waals surface area contributed by atoms with E-state index in [0.29, 0.717) is 23.6 Å². The summed E-state index contributed by atoms with van der Waals surface area (Å²) in [5.74, 6) is 0.221. The van der Waals surface area contributed by atoms with Gasteiger partial charge >= 0.3 is 0 Å². The highest BCUT2D eigenvalue weighted by Crippen LogP contribution is 2.28. The lowest BCUT2D eigenvalue weighted by Gasteiger charge is -2.10. The molecule has 1 N–H and O–H groups in total. The monoisotopic (exact) mass is 524 g/mol. The highest BCUT2D eigenvalue weighted by Gasteiger charge is 2.11. The molecule has 0 atom stereocenters. The Labute approximate surface area is 192 Å². The molecule has 0 aliphatic heterocycles. The van der Waals surface area contributed by atoms with Gasteiger partial charge in [-0.3, -0.25) is 4.79 Å². The van der Waals surface area contributed by atoms with E-state index in [2.05, 4.69) is 37.2 Å². The molecule has 0 radical (unpaired) electrons. The van der Waals surface area contributed by atoms with Crippen LogP contribution in [-0.2, 0) is 11.4 Å². The Morgan fingerprint density at radius 2 is 1.87 bits per heavy atom. The Morgan fingerprint density at radius 3 is 2.57 bits per heavy atom. The molecule has 0 aliphatic carbocycles. The minimum absolute atomic E-state index is 0.0188. The minimum atomic E-state index is -0.450. The zero-order valence-corrected chi connectivity index (χ0v) is 19.3. The fraction of sp³-hybridized carbons (Fsp3) is 0.0833. The Balaban J connectivity index is 1.72. The molecule has 3 rings (SSSR count). The summed E-state index contributed by atoms with van der Waals surface area (Å²) in [6, 6.07) is 22.7. The number of aryl methyl sites for hydroxylation is 1. The number of nitrogens with zero attached hydrogens (tertiary/aromatic N) is 1. The first-order valence-electron chi connectivity index (χ1n) is 9.12. The van der Waals surface area contributed by atoms with E-state index in [9.17, 15) is 10.1 Å². The first-order chi connectivity index (χ1) is 14.5. The molecule has 0 unspecified atom stereocenters. The van der Waals surface area contributed by atoms with Gasteiger partial charge in [0.1, 0.15) is 24.0 Å². The third kappa shape index (κ3) is 5.82. The predicted octanol–water partition coefficient (Wildman–Crippen LogP) is 6.64. The Bertz CT molecular complexity index is 1150. The van der Waals surface area contributed by atoms with Crippen LogP contribution in [0.5, 0.6) is 5.75 Å². The molecule has 0 saturated carbocycles. The fourth-order valence-corrected chi connectivity index (χ4v) is 3.64. The topological polar surface area (TPSA) is 62.1 Å². The van der Waals surface area contributed by atoms with E-state index in [-0.39, 0.29) is 5.57 Å². The molecule has 0 heterocycles. The second-order valence-electron chi connectivity index (χ2n) is 6.56. The largest absolute Gasteiger partial charge is 0.488 e. The first-order valence-corrected chi connectivity index (χ1v) is 10.7. The summed E-state index contributed by atoms with van der Waals surface area (Å²) in [5, 5.41) is 12.2. The molecule has 0 bridgehead atoms. The number of nitriles is 1.